The minimum atomic E-state index is -3.61. The molecule has 0 spiro atoms. The van der Waals surface area contributed by atoms with Gasteiger partial charge in [0.25, 0.3) is 10.0 Å². The van der Waals surface area contributed by atoms with E-state index in [1.54, 1.807) is 12.1 Å². The molecule has 2 rings (SSSR count). The average molecular weight is 396 g/mol. The van der Waals surface area contributed by atoms with Crippen LogP contribution in [0.2, 0.25) is 0 Å². The largest absolute Gasteiger partial charge is 0.481 e. The van der Waals surface area contributed by atoms with Crippen molar-refractivity contribution in [1.82, 2.24) is 4.31 Å². The lowest BCUT2D eigenvalue weighted by Gasteiger charge is -2.38. The molecule has 0 aliphatic carbocycles. The zero-order valence-corrected chi connectivity index (χ0v) is 14.9. The van der Waals surface area contributed by atoms with Crippen molar-refractivity contribution in [2.45, 2.75) is 36.8 Å². The number of nitrogens with zero attached hydrogens (tertiary/aromatic N) is 1. The van der Waals surface area contributed by atoms with Crippen LogP contribution in [-0.2, 0) is 14.8 Å². The van der Waals surface area contributed by atoms with Crippen molar-refractivity contribution >= 4 is 43.3 Å². The number of thiophene rings is 1. The molecule has 21 heavy (non-hydrogen) atoms. The number of carbonyl (C=O) groups is 1. The molecule has 0 amide bonds. The van der Waals surface area contributed by atoms with Gasteiger partial charge in [-0.3, -0.25) is 4.79 Å². The first kappa shape index (κ1) is 16.9. The molecule has 1 saturated heterocycles. The van der Waals surface area contributed by atoms with E-state index in [-0.39, 0.29) is 10.8 Å². The fraction of sp³-hybridized carbons (Fsp3) is 0.615. The summed E-state index contributed by atoms with van der Waals surface area (Å²) in [7, 11) is -3.61. The Bertz CT molecular complexity index is 624. The van der Waals surface area contributed by atoms with Crippen LogP contribution in [0.1, 0.15) is 32.6 Å². The van der Waals surface area contributed by atoms with E-state index >= 15 is 0 Å². The summed E-state index contributed by atoms with van der Waals surface area (Å²) >= 11 is 4.41. The number of sulfonamides is 1. The Morgan fingerprint density at radius 2 is 2.24 bits per heavy atom. The number of hydrogen-bond acceptors (Lipinski definition) is 4. The van der Waals surface area contributed by atoms with Crippen molar-refractivity contribution in [3.05, 3.63) is 15.9 Å². The Morgan fingerprint density at radius 1 is 1.52 bits per heavy atom. The smallest absolute Gasteiger partial charge is 0.310 e. The first-order valence-corrected chi connectivity index (χ1v) is 9.86. The van der Waals surface area contributed by atoms with Gasteiger partial charge in [-0.1, -0.05) is 13.3 Å². The Hall–Kier alpha value is -0.440. The molecular formula is C13H18BrNO4S2. The zero-order chi connectivity index (χ0) is 15.7. The normalized spacial score (nSPS) is 24.1. The van der Waals surface area contributed by atoms with Crippen molar-refractivity contribution < 1.29 is 18.3 Å². The molecule has 1 aliphatic rings. The maximum Gasteiger partial charge on any atom is 0.310 e. The Kier molecular flexibility index (Phi) is 5.12. The SMILES string of the molecule is CCCC1(C(=O)O)CCCN(S(=O)(=O)c2ccc(Br)s2)C1. The van der Waals surface area contributed by atoms with Gasteiger partial charge >= 0.3 is 5.97 Å². The van der Waals surface area contributed by atoms with Crippen molar-refractivity contribution in [1.29, 1.82) is 0 Å². The van der Waals surface area contributed by atoms with Crippen LogP contribution in [0.25, 0.3) is 0 Å². The zero-order valence-electron chi connectivity index (χ0n) is 11.7. The van der Waals surface area contributed by atoms with Crippen molar-refractivity contribution in [3.8, 4) is 0 Å². The van der Waals surface area contributed by atoms with E-state index in [4.69, 9.17) is 0 Å². The molecule has 2 heterocycles. The van der Waals surface area contributed by atoms with Crippen LogP contribution in [0, 0.1) is 5.41 Å². The highest BCUT2D eigenvalue weighted by atomic mass is 79.9. The maximum atomic E-state index is 12.6. The predicted molar refractivity (Wildman–Crippen MR) is 85.0 cm³/mol. The Morgan fingerprint density at radius 3 is 2.76 bits per heavy atom. The van der Waals surface area contributed by atoms with E-state index < -0.39 is 21.4 Å². The molecule has 1 aromatic rings. The molecule has 0 saturated carbocycles. The van der Waals surface area contributed by atoms with Crippen LogP contribution < -0.4 is 0 Å². The minimum absolute atomic E-state index is 0.0635. The van der Waals surface area contributed by atoms with E-state index in [2.05, 4.69) is 15.9 Å². The summed E-state index contributed by atoms with van der Waals surface area (Å²) in [5, 5.41) is 9.55. The second kappa shape index (κ2) is 6.36. The number of piperidine rings is 1. The fourth-order valence-electron chi connectivity index (χ4n) is 2.82. The second-order valence-electron chi connectivity index (χ2n) is 5.34. The summed E-state index contributed by atoms with van der Waals surface area (Å²) < 4.78 is 27.6. The number of hydrogen-bond donors (Lipinski definition) is 1. The molecule has 0 bridgehead atoms. The molecule has 1 N–H and O–H groups in total. The third kappa shape index (κ3) is 3.33. The number of aliphatic carboxylic acids is 1. The lowest BCUT2D eigenvalue weighted by Crippen LogP contribution is -2.49. The van der Waals surface area contributed by atoms with E-state index in [9.17, 15) is 18.3 Å². The molecule has 5 nitrogen and oxygen atoms in total. The average Bonchev–Trinajstić information content (AvgIpc) is 2.86. The standard InChI is InChI=1S/C13H18BrNO4S2/c1-2-6-13(12(16)17)7-3-8-15(9-13)21(18,19)11-5-4-10(14)20-11/h4-5H,2-3,6-9H2,1H3,(H,16,17). The first-order valence-electron chi connectivity index (χ1n) is 6.81. The molecule has 1 aliphatic heterocycles. The summed E-state index contributed by atoms with van der Waals surface area (Å²) in [6, 6.07) is 3.25. The quantitative estimate of drug-likeness (QED) is 0.830. The highest BCUT2D eigenvalue weighted by Gasteiger charge is 2.45. The van der Waals surface area contributed by atoms with Gasteiger partial charge in [0, 0.05) is 13.1 Å². The van der Waals surface area contributed by atoms with Crippen molar-refractivity contribution in [2.24, 2.45) is 5.41 Å². The van der Waals surface area contributed by atoms with Gasteiger partial charge in [0.15, 0.2) is 0 Å². The number of carboxylic acid groups (broad SMARTS) is 1. The van der Waals surface area contributed by atoms with Crippen LogP contribution in [0.15, 0.2) is 20.1 Å². The lowest BCUT2D eigenvalue weighted by atomic mass is 9.77. The Labute approximate surface area is 137 Å². The van der Waals surface area contributed by atoms with Crippen molar-refractivity contribution in [3.63, 3.8) is 0 Å². The topological polar surface area (TPSA) is 74.7 Å². The van der Waals surface area contributed by atoms with Crippen molar-refractivity contribution in [2.75, 3.05) is 13.1 Å². The molecule has 0 aromatic carbocycles. The third-order valence-corrected chi connectivity index (χ3v) is 7.80. The van der Waals surface area contributed by atoms with Gasteiger partial charge < -0.3 is 5.11 Å². The Balaban J connectivity index is 2.30. The van der Waals surface area contributed by atoms with E-state index in [0.717, 1.165) is 21.5 Å². The summed E-state index contributed by atoms with van der Waals surface area (Å²) in [5.41, 5.74) is -0.950. The van der Waals surface area contributed by atoms with Gasteiger partial charge in [0.2, 0.25) is 0 Å². The predicted octanol–water partition coefficient (Wildman–Crippen LogP) is 3.17. The minimum Gasteiger partial charge on any atom is -0.481 e. The maximum absolute atomic E-state index is 12.6. The first-order chi connectivity index (χ1) is 9.82. The molecule has 0 radical (unpaired) electrons. The number of halogens is 1. The number of rotatable bonds is 5. The van der Waals surface area contributed by atoms with Gasteiger partial charge in [-0.25, -0.2) is 8.42 Å². The molecule has 118 valence electrons. The van der Waals surface area contributed by atoms with Crippen LogP contribution in [0.3, 0.4) is 0 Å². The van der Waals surface area contributed by atoms with E-state index in [1.807, 2.05) is 6.92 Å². The fourth-order valence-corrected chi connectivity index (χ4v) is 6.55. The van der Waals surface area contributed by atoms with Crippen LogP contribution in [0.5, 0.6) is 0 Å². The van der Waals surface area contributed by atoms with E-state index in [0.29, 0.717) is 25.8 Å². The molecule has 1 aromatic heterocycles. The highest BCUT2D eigenvalue weighted by Crippen LogP contribution is 2.38. The summed E-state index contributed by atoms with van der Waals surface area (Å²) in [6.45, 7) is 2.37. The molecule has 1 unspecified atom stereocenters. The van der Waals surface area contributed by atoms with Gasteiger partial charge in [-0.15, -0.1) is 11.3 Å². The van der Waals surface area contributed by atoms with Gasteiger partial charge in [-0.2, -0.15) is 4.31 Å². The summed E-state index contributed by atoms with van der Waals surface area (Å²) in [6.07, 6.45) is 2.35. The monoisotopic (exact) mass is 395 g/mol. The van der Waals surface area contributed by atoms with Crippen LogP contribution in [-0.4, -0.2) is 36.9 Å². The lowest BCUT2D eigenvalue weighted by molar-refractivity contribution is -0.151. The summed E-state index contributed by atoms with van der Waals surface area (Å²) in [4.78, 5) is 11.7. The molecular weight excluding hydrogens is 378 g/mol. The molecule has 8 heteroatoms. The van der Waals surface area contributed by atoms with Crippen LogP contribution >= 0.6 is 27.3 Å². The third-order valence-electron chi connectivity index (χ3n) is 3.87. The van der Waals surface area contributed by atoms with Gasteiger partial charge in [0.1, 0.15) is 4.21 Å². The van der Waals surface area contributed by atoms with Gasteiger partial charge in [-0.05, 0) is 47.3 Å². The van der Waals surface area contributed by atoms with Gasteiger partial charge in [0.05, 0.1) is 9.20 Å². The second-order valence-corrected chi connectivity index (χ2v) is 9.96. The summed E-state index contributed by atoms with van der Waals surface area (Å²) in [5.74, 6) is -0.892. The highest BCUT2D eigenvalue weighted by molar-refractivity contribution is 9.11. The van der Waals surface area contributed by atoms with E-state index in [1.165, 1.54) is 4.31 Å². The number of carboxylic acids is 1. The van der Waals surface area contributed by atoms with Crippen LogP contribution in [0.4, 0.5) is 0 Å². The molecule has 1 atom stereocenters. The molecule has 1 fully saturated rings.